The Hall–Kier alpha value is -1.86. The molecule has 3 atom stereocenters. The Bertz CT molecular complexity index is 683. The number of amides is 1. The molecule has 0 spiro atoms. The average molecular weight is 338 g/mol. The maximum absolute atomic E-state index is 12.1. The summed E-state index contributed by atoms with van der Waals surface area (Å²) < 4.78 is 1.77. The minimum absolute atomic E-state index is 0.118. The highest BCUT2D eigenvalue weighted by Gasteiger charge is 2.34. The number of rotatable bonds is 5. The van der Waals surface area contributed by atoms with E-state index in [-0.39, 0.29) is 24.3 Å². The second kappa shape index (κ2) is 6.72. The van der Waals surface area contributed by atoms with Gasteiger partial charge in [0.1, 0.15) is 0 Å². The van der Waals surface area contributed by atoms with Gasteiger partial charge in [0.05, 0.1) is 41.8 Å². The molecule has 124 valence electrons. The van der Waals surface area contributed by atoms with E-state index in [2.05, 4.69) is 20.4 Å². The molecule has 1 unspecified atom stereocenters. The second-order valence-corrected chi connectivity index (χ2v) is 6.55. The van der Waals surface area contributed by atoms with Crippen molar-refractivity contribution in [2.75, 3.05) is 0 Å². The Morgan fingerprint density at radius 2 is 2.39 bits per heavy atom. The third kappa shape index (κ3) is 3.92. The van der Waals surface area contributed by atoms with E-state index in [9.17, 15) is 9.90 Å². The highest BCUT2D eigenvalue weighted by Crippen LogP contribution is 2.27. The van der Waals surface area contributed by atoms with Crippen molar-refractivity contribution in [3.63, 3.8) is 0 Å². The number of aliphatic hydroxyl groups is 1. The van der Waals surface area contributed by atoms with Gasteiger partial charge in [0.25, 0.3) is 0 Å². The zero-order valence-corrected chi connectivity index (χ0v) is 13.6. The number of aromatic nitrogens is 4. The van der Waals surface area contributed by atoms with Crippen LogP contribution in [0.1, 0.15) is 24.2 Å². The van der Waals surface area contributed by atoms with E-state index in [0.29, 0.717) is 18.0 Å². The molecule has 1 aliphatic rings. The van der Waals surface area contributed by atoms with Crippen molar-refractivity contribution in [3.05, 3.63) is 35.1 Å². The van der Waals surface area contributed by atoms with E-state index < -0.39 is 6.10 Å². The molecule has 8 heteroatoms. The number of nitrogens with zero attached hydrogens (tertiary/aromatic N) is 3. The van der Waals surface area contributed by atoms with E-state index in [4.69, 9.17) is 11.6 Å². The van der Waals surface area contributed by atoms with Crippen LogP contribution >= 0.6 is 11.6 Å². The van der Waals surface area contributed by atoms with E-state index in [0.717, 1.165) is 17.8 Å². The molecule has 0 bridgehead atoms. The monoisotopic (exact) mass is 337 g/mol. The number of hydrogen-bond donors (Lipinski definition) is 3. The van der Waals surface area contributed by atoms with Gasteiger partial charge in [-0.3, -0.25) is 9.48 Å². The molecule has 1 fully saturated rings. The van der Waals surface area contributed by atoms with Crippen molar-refractivity contribution in [2.45, 2.75) is 44.9 Å². The number of carbonyl (C=O) groups is 1. The molecule has 7 nitrogen and oxygen atoms in total. The number of hydrogen-bond acceptors (Lipinski definition) is 4. The Morgan fingerprint density at radius 3 is 3.04 bits per heavy atom. The van der Waals surface area contributed by atoms with Gasteiger partial charge < -0.3 is 15.4 Å². The maximum atomic E-state index is 12.1. The van der Waals surface area contributed by atoms with E-state index >= 15 is 0 Å². The van der Waals surface area contributed by atoms with Crippen molar-refractivity contribution in [1.82, 2.24) is 25.1 Å². The molecular formula is C15H20ClN5O2. The number of aliphatic hydroxyl groups excluding tert-OH is 1. The molecule has 3 rings (SSSR count). The lowest BCUT2D eigenvalue weighted by molar-refractivity contribution is -0.121. The van der Waals surface area contributed by atoms with Crippen molar-refractivity contribution in [1.29, 1.82) is 0 Å². The van der Waals surface area contributed by atoms with Gasteiger partial charge >= 0.3 is 0 Å². The summed E-state index contributed by atoms with van der Waals surface area (Å²) in [4.78, 5) is 19.2. The number of aromatic amines is 1. The largest absolute Gasteiger partial charge is 0.391 e. The van der Waals surface area contributed by atoms with Gasteiger partial charge in [-0.15, -0.1) is 0 Å². The SMILES string of the molecule is Cc1[nH]cnc1CC(=O)N[C@@H]1CC(Cn2cc(Cl)cn2)C[C@H]1O. The third-order valence-corrected chi connectivity index (χ3v) is 4.48. The summed E-state index contributed by atoms with van der Waals surface area (Å²) in [5.41, 5.74) is 1.62. The summed E-state index contributed by atoms with van der Waals surface area (Å²) in [5, 5.41) is 17.9. The van der Waals surface area contributed by atoms with Gasteiger partial charge in [0.15, 0.2) is 0 Å². The van der Waals surface area contributed by atoms with Crippen LogP contribution in [0.25, 0.3) is 0 Å². The molecule has 3 N–H and O–H groups in total. The van der Waals surface area contributed by atoms with Gasteiger partial charge in [0.2, 0.25) is 5.91 Å². The molecule has 0 aliphatic heterocycles. The molecule has 1 aliphatic carbocycles. The molecule has 0 radical (unpaired) electrons. The average Bonchev–Trinajstić information content (AvgIpc) is 3.15. The van der Waals surface area contributed by atoms with Crippen molar-refractivity contribution in [3.8, 4) is 0 Å². The normalized spacial score (nSPS) is 24.0. The van der Waals surface area contributed by atoms with Crippen LogP contribution in [0.5, 0.6) is 0 Å². The smallest absolute Gasteiger partial charge is 0.226 e. The van der Waals surface area contributed by atoms with Crippen molar-refractivity contribution >= 4 is 17.5 Å². The van der Waals surface area contributed by atoms with Crippen LogP contribution in [0.15, 0.2) is 18.7 Å². The zero-order valence-electron chi connectivity index (χ0n) is 12.9. The summed E-state index contributed by atoms with van der Waals surface area (Å²) in [6, 6.07) is -0.224. The first-order chi connectivity index (χ1) is 11.0. The molecule has 2 heterocycles. The lowest BCUT2D eigenvalue weighted by atomic mass is 10.1. The molecule has 2 aromatic rings. The first-order valence-electron chi connectivity index (χ1n) is 7.65. The number of carbonyl (C=O) groups excluding carboxylic acids is 1. The molecular weight excluding hydrogens is 318 g/mol. The van der Waals surface area contributed by atoms with Crippen LogP contribution in [-0.2, 0) is 17.8 Å². The number of halogens is 1. The van der Waals surface area contributed by atoms with Gasteiger partial charge in [-0.2, -0.15) is 5.10 Å². The van der Waals surface area contributed by atoms with Crippen LogP contribution in [-0.4, -0.2) is 42.9 Å². The van der Waals surface area contributed by atoms with E-state index in [1.807, 2.05) is 6.92 Å². The molecule has 1 amide bonds. The summed E-state index contributed by atoms with van der Waals surface area (Å²) >= 11 is 5.85. The van der Waals surface area contributed by atoms with E-state index in [1.165, 1.54) is 0 Å². The Labute approximate surface area is 139 Å². The molecule has 0 aromatic carbocycles. The summed E-state index contributed by atoms with van der Waals surface area (Å²) in [6.45, 7) is 2.57. The molecule has 1 saturated carbocycles. The quantitative estimate of drug-likeness (QED) is 0.760. The fourth-order valence-electron chi connectivity index (χ4n) is 3.10. The standard InChI is InChI=1S/C15H20ClN5O2/c1-9-12(18-8-17-9)4-15(23)20-13-2-10(3-14(13)22)6-21-7-11(16)5-19-21/h5,7-8,10,13-14,22H,2-4,6H2,1H3,(H,17,18)(H,20,23)/t10?,13-,14-/m1/s1. The van der Waals surface area contributed by atoms with Crippen LogP contribution < -0.4 is 5.32 Å². The zero-order chi connectivity index (χ0) is 16.4. The summed E-state index contributed by atoms with van der Waals surface area (Å²) in [5.74, 6) is 0.144. The molecule has 23 heavy (non-hydrogen) atoms. The first-order valence-corrected chi connectivity index (χ1v) is 8.03. The number of nitrogens with one attached hydrogen (secondary N) is 2. The van der Waals surface area contributed by atoms with Gasteiger partial charge in [-0.25, -0.2) is 4.98 Å². The fourth-order valence-corrected chi connectivity index (χ4v) is 3.26. The predicted molar refractivity (Wildman–Crippen MR) is 84.9 cm³/mol. The van der Waals surface area contributed by atoms with Gasteiger partial charge in [0, 0.05) is 18.4 Å². The maximum Gasteiger partial charge on any atom is 0.226 e. The first kappa shape index (κ1) is 16.0. The Balaban J connectivity index is 1.52. The summed E-state index contributed by atoms with van der Waals surface area (Å²) in [6.07, 6.45) is 5.99. The van der Waals surface area contributed by atoms with Gasteiger partial charge in [-0.1, -0.05) is 11.6 Å². The number of imidazole rings is 1. The van der Waals surface area contributed by atoms with Crippen LogP contribution in [0.3, 0.4) is 0 Å². The number of aryl methyl sites for hydroxylation is 1. The molecule has 0 saturated heterocycles. The minimum Gasteiger partial charge on any atom is -0.391 e. The van der Waals surface area contributed by atoms with Crippen LogP contribution in [0.2, 0.25) is 5.02 Å². The summed E-state index contributed by atoms with van der Waals surface area (Å²) in [7, 11) is 0. The van der Waals surface area contributed by atoms with E-state index in [1.54, 1.807) is 23.4 Å². The van der Waals surface area contributed by atoms with Gasteiger partial charge in [-0.05, 0) is 25.7 Å². The molecule has 2 aromatic heterocycles. The third-order valence-electron chi connectivity index (χ3n) is 4.28. The van der Waals surface area contributed by atoms with Crippen molar-refractivity contribution in [2.24, 2.45) is 5.92 Å². The lowest BCUT2D eigenvalue weighted by Gasteiger charge is -2.16. The predicted octanol–water partition coefficient (Wildman–Crippen LogP) is 1.07. The highest BCUT2D eigenvalue weighted by molar-refractivity contribution is 6.30. The Morgan fingerprint density at radius 1 is 1.57 bits per heavy atom. The highest BCUT2D eigenvalue weighted by atomic mass is 35.5. The van der Waals surface area contributed by atoms with Crippen LogP contribution in [0, 0.1) is 12.8 Å². The Kier molecular flexibility index (Phi) is 4.68. The van der Waals surface area contributed by atoms with Crippen LogP contribution in [0.4, 0.5) is 0 Å². The minimum atomic E-state index is -0.532. The number of H-pyrrole nitrogens is 1. The lowest BCUT2D eigenvalue weighted by Crippen LogP contribution is -2.40. The van der Waals surface area contributed by atoms with Crippen molar-refractivity contribution < 1.29 is 9.90 Å². The topological polar surface area (TPSA) is 95.8 Å². The second-order valence-electron chi connectivity index (χ2n) is 6.11. The fraction of sp³-hybridized carbons (Fsp3) is 0.533.